The lowest BCUT2D eigenvalue weighted by Crippen LogP contribution is -2.50. The molecule has 1 aromatic rings. The third-order valence-corrected chi connectivity index (χ3v) is 5.58. The van der Waals surface area contributed by atoms with E-state index in [0.29, 0.717) is 51.3 Å². The van der Waals surface area contributed by atoms with Gasteiger partial charge in [0.2, 0.25) is 0 Å². The van der Waals surface area contributed by atoms with Gasteiger partial charge in [0.1, 0.15) is 5.75 Å². The lowest BCUT2D eigenvalue weighted by Gasteiger charge is -2.38. The summed E-state index contributed by atoms with van der Waals surface area (Å²) < 4.78 is 17.5. The van der Waals surface area contributed by atoms with Crippen LogP contribution in [0, 0.1) is 13.8 Å². The Bertz CT molecular complexity index is 609. The van der Waals surface area contributed by atoms with Gasteiger partial charge in [0, 0.05) is 31.0 Å². The molecule has 25 heavy (non-hydrogen) atoms. The first kappa shape index (κ1) is 18.5. The van der Waals surface area contributed by atoms with Crippen LogP contribution < -0.4 is 4.74 Å². The highest BCUT2D eigenvalue weighted by Crippen LogP contribution is 2.32. The van der Waals surface area contributed by atoms with Crippen molar-refractivity contribution in [2.75, 3.05) is 26.3 Å². The highest BCUT2D eigenvalue weighted by atomic mass is 35.5. The average molecular weight is 368 g/mol. The Morgan fingerprint density at radius 3 is 2.32 bits per heavy atom. The fourth-order valence-corrected chi connectivity index (χ4v) is 3.61. The quantitative estimate of drug-likeness (QED) is 0.817. The van der Waals surface area contributed by atoms with Crippen LogP contribution in [0.1, 0.15) is 37.3 Å². The number of rotatable bonds is 4. The van der Waals surface area contributed by atoms with Crippen molar-refractivity contribution in [3.05, 3.63) is 28.3 Å². The molecular formula is C19H26ClNO4. The van der Waals surface area contributed by atoms with Crippen molar-refractivity contribution in [1.29, 1.82) is 0 Å². The first-order chi connectivity index (χ1) is 11.9. The van der Waals surface area contributed by atoms with Gasteiger partial charge >= 0.3 is 0 Å². The predicted molar refractivity (Wildman–Crippen MR) is 96.1 cm³/mol. The summed E-state index contributed by atoms with van der Waals surface area (Å²) in [6, 6.07) is 3.77. The highest BCUT2D eigenvalue weighted by molar-refractivity contribution is 6.32. The van der Waals surface area contributed by atoms with E-state index in [2.05, 4.69) is 0 Å². The number of carbonyl (C=O) groups excluding carboxylic acids is 1. The maximum absolute atomic E-state index is 12.9. The minimum Gasteiger partial charge on any atom is -0.481 e. The molecule has 0 radical (unpaired) electrons. The van der Waals surface area contributed by atoms with E-state index >= 15 is 0 Å². The molecule has 1 amide bonds. The van der Waals surface area contributed by atoms with Crippen LogP contribution in [0.25, 0.3) is 0 Å². The fraction of sp³-hybridized carbons (Fsp3) is 0.632. The summed E-state index contributed by atoms with van der Waals surface area (Å²) in [5.41, 5.74) is 1.91. The number of aryl methyl sites for hydroxylation is 2. The minimum atomic E-state index is -0.487. The van der Waals surface area contributed by atoms with Crippen LogP contribution in [-0.4, -0.2) is 49.0 Å². The van der Waals surface area contributed by atoms with Crippen LogP contribution in [0.2, 0.25) is 5.02 Å². The van der Waals surface area contributed by atoms with Crippen molar-refractivity contribution >= 4 is 17.5 Å². The van der Waals surface area contributed by atoms with Crippen molar-refractivity contribution < 1.29 is 19.0 Å². The van der Waals surface area contributed by atoms with Gasteiger partial charge in [-0.05, 0) is 43.5 Å². The molecule has 2 aliphatic heterocycles. The molecule has 5 nitrogen and oxygen atoms in total. The SMILES string of the molecule is CC[C@@H](Oc1cc(C)c(Cl)c(C)c1)C(=O)N1CCC2(CC1)OCCO2. The topological polar surface area (TPSA) is 48.0 Å². The summed E-state index contributed by atoms with van der Waals surface area (Å²) in [5.74, 6) is 0.250. The van der Waals surface area contributed by atoms with Gasteiger partial charge in [-0.15, -0.1) is 0 Å². The van der Waals surface area contributed by atoms with Gasteiger partial charge in [-0.3, -0.25) is 4.79 Å². The van der Waals surface area contributed by atoms with E-state index in [0.717, 1.165) is 16.1 Å². The number of hydrogen-bond donors (Lipinski definition) is 0. The van der Waals surface area contributed by atoms with Gasteiger partial charge in [0.15, 0.2) is 11.9 Å². The van der Waals surface area contributed by atoms with Gasteiger partial charge in [0.05, 0.1) is 13.2 Å². The molecule has 0 unspecified atom stereocenters. The monoisotopic (exact) mass is 367 g/mol. The van der Waals surface area contributed by atoms with E-state index in [-0.39, 0.29) is 5.91 Å². The van der Waals surface area contributed by atoms with E-state index in [1.807, 2.05) is 37.8 Å². The number of carbonyl (C=O) groups is 1. The number of benzene rings is 1. The van der Waals surface area contributed by atoms with Gasteiger partial charge < -0.3 is 19.1 Å². The molecule has 0 N–H and O–H groups in total. The van der Waals surface area contributed by atoms with Crippen LogP contribution in [0.3, 0.4) is 0 Å². The fourth-order valence-electron chi connectivity index (χ4n) is 3.50. The number of halogens is 1. The molecule has 3 rings (SSSR count). The van der Waals surface area contributed by atoms with E-state index in [1.54, 1.807) is 0 Å². The number of amides is 1. The van der Waals surface area contributed by atoms with Crippen LogP contribution in [0.15, 0.2) is 12.1 Å². The van der Waals surface area contributed by atoms with Gasteiger partial charge in [0.25, 0.3) is 5.91 Å². The maximum atomic E-state index is 12.9. The number of piperidine rings is 1. The second kappa shape index (κ2) is 7.52. The second-order valence-electron chi connectivity index (χ2n) is 6.82. The summed E-state index contributed by atoms with van der Waals surface area (Å²) in [6.45, 7) is 8.41. The standard InChI is InChI=1S/C19H26ClNO4/c1-4-16(25-15-11-13(2)17(20)14(3)12-15)18(22)21-7-5-19(6-8-21)23-9-10-24-19/h11-12,16H,4-10H2,1-3H3/t16-/m1/s1. The lowest BCUT2D eigenvalue weighted by molar-refractivity contribution is -0.189. The molecule has 0 saturated carbocycles. The first-order valence-corrected chi connectivity index (χ1v) is 9.32. The molecule has 2 aliphatic rings. The molecule has 1 atom stereocenters. The van der Waals surface area contributed by atoms with Crippen molar-refractivity contribution in [2.45, 2.75) is 51.9 Å². The largest absolute Gasteiger partial charge is 0.481 e. The number of nitrogens with zero attached hydrogens (tertiary/aromatic N) is 1. The van der Waals surface area contributed by atoms with E-state index in [4.69, 9.17) is 25.8 Å². The zero-order valence-corrected chi connectivity index (χ0v) is 15.9. The van der Waals surface area contributed by atoms with Crippen molar-refractivity contribution in [2.24, 2.45) is 0 Å². The molecule has 1 aromatic carbocycles. The molecule has 2 saturated heterocycles. The number of likely N-dealkylation sites (tertiary alicyclic amines) is 1. The Morgan fingerprint density at radius 2 is 1.80 bits per heavy atom. The summed E-state index contributed by atoms with van der Waals surface area (Å²) in [5, 5.41) is 0.740. The third-order valence-electron chi connectivity index (χ3n) is 4.99. The Labute approximate surface area is 154 Å². The van der Waals surface area contributed by atoms with Crippen molar-refractivity contribution in [1.82, 2.24) is 4.90 Å². The maximum Gasteiger partial charge on any atom is 0.263 e. The Hall–Kier alpha value is -1.30. The van der Waals surface area contributed by atoms with Crippen LogP contribution >= 0.6 is 11.6 Å². The molecule has 0 bridgehead atoms. The van der Waals surface area contributed by atoms with Crippen LogP contribution in [0.4, 0.5) is 0 Å². The molecule has 0 aromatic heterocycles. The molecule has 0 aliphatic carbocycles. The predicted octanol–water partition coefficient (Wildman–Crippen LogP) is 3.48. The van der Waals surface area contributed by atoms with Crippen molar-refractivity contribution in [3.63, 3.8) is 0 Å². The zero-order chi connectivity index (χ0) is 18.0. The number of ether oxygens (including phenoxy) is 3. The Balaban J connectivity index is 1.64. The Kier molecular flexibility index (Phi) is 5.56. The average Bonchev–Trinajstić information content (AvgIpc) is 3.05. The van der Waals surface area contributed by atoms with E-state index < -0.39 is 11.9 Å². The molecule has 1 spiro atoms. The molecule has 2 fully saturated rings. The molecule has 2 heterocycles. The highest BCUT2D eigenvalue weighted by Gasteiger charge is 2.41. The summed E-state index contributed by atoms with van der Waals surface area (Å²) >= 11 is 6.21. The summed E-state index contributed by atoms with van der Waals surface area (Å²) in [7, 11) is 0. The van der Waals surface area contributed by atoms with Gasteiger partial charge in [-0.2, -0.15) is 0 Å². The van der Waals surface area contributed by atoms with E-state index in [1.165, 1.54) is 0 Å². The van der Waals surface area contributed by atoms with Gasteiger partial charge in [-0.1, -0.05) is 18.5 Å². The van der Waals surface area contributed by atoms with Crippen molar-refractivity contribution in [3.8, 4) is 5.75 Å². The minimum absolute atomic E-state index is 0.0283. The number of hydrogen-bond acceptors (Lipinski definition) is 4. The smallest absolute Gasteiger partial charge is 0.263 e. The molecular weight excluding hydrogens is 342 g/mol. The lowest BCUT2D eigenvalue weighted by atomic mass is 10.0. The molecule has 138 valence electrons. The first-order valence-electron chi connectivity index (χ1n) is 8.94. The van der Waals surface area contributed by atoms with Gasteiger partial charge in [-0.25, -0.2) is 0 Å². The summed E-state index contributed by atoms with van der Waals surface area (Å²) in [4.78, 5) is 14.7. The zero-order valence-electron chi connectivity index (χ0n) is 15.1. The normalized spacial score (nSPS) is 20.7. The van der Waals surface area contributed by atoms with Crippen LogP contribution in [-0.2, 0) is 14.3 Å². The Morgan fingerprint density at radius 1 is 1.24 bits per heavy atom. The third kappa shape index (κ3) is 3.94. The second-order valence-corrected chi connectivity index (χ2v) is 7.20. The van der Waals surface area contributed by atoms with Crippen LogP contribution in [0.5, 0.6) is 5.75 Å². The molecule has 6 heteroatoms. The summed E-state index contributed by atoms with van der Waals surface area (Å²) in [6.07, 6.45) is 1.57. The van der Waals surface area contributed by atoms with E-state index in [9.17, 15) is 4.79 Å².